The average molecular weight is 332 g/mol. The van der Waals surface area contributed by atoms with E-state index in [1.54, 1.807) is 6.92 Å². The Morgan fingerprint density at radius 2 is 1.15 bits per heavy atom. The molecule has 0 aromatic carbocycles. The van der Waals surface area contributed by atoms with E-state index in [4.69, 9.17) is 0 Å². The van der Waals surface area contributed by atoms with E-state index in [-0.39, 0.29) is 30.8 Å². The van der Waals surface area contributed by atoms with Crippen molar-refractivity contribution in [3.63, 3.8) is 0 Å². The van der Waals surface area contributed by atoms with E-state index in [2.05, 4.69) is 0 Å². The van der Waals surface area contributed by atoms with Gasteiger partial charge in [-0.15, -0.1) is 0 Å². The molecule has 0 fully saturated rings. The first kappa shape index (κ1) is 24.8. The van der Waals surface area contributed by atoms with Crippen LogP contribution in [0.4, 0.5) is 0 Å². The fourth-order valence-corrected chi connectivity index (χ4v) is 3.26. The van der Waals surface area contributed by atoms with Crippen molar-refractivity contribution in [1.29, 1.82) is 0 Å². The summed E-state index contributed by atoms with van der Waals surface area (Å²) >= 11 is 0. The first-order chi connectivity index (χ1) is 8.45. The lowest BCUT2D eigenvalue weighted by atomic mass is 10.1. The molecule has 6 nitrogen and oxygen atoms in total. The van der Waals surface area contributed by atoms with Gasteiger partial charge in [-0.3, -0.25) is 0 Å². The lowest BCUT2D eigenvalue weighted by molar-refractivity contribution is 0.439. The van der Waals surface area contributed by atoms with E-state index in [0.717, 1.165) is 19.3 Å². The molecular weight excluding hydrogens is 304 g/mol. The highest BCUT2D eigenvalue weighted by molar-refractivity contribution is 7.85. The van der Waals surface area contributed by atoms with Crippen molar-refractivity contribution < 1.29 is 25.9 Å². The molecule has 8 heteroatoms. The molecule has 0 N–H and O–H groups in total. The Bertz CT molecular complexity index is 409. The van der Waals surface area contributed by atoms with Crippen LogP contribution in [0.2, 0.25) is 0 Å². The SMILES string of the molecule is C.CCC(C)CS(=O)(=O)[O-].CCC(CC)CS(=O)(=O)[O-]. The maximum Gasteiger partial charge on any atom is 0.0948 e. The van der Waals surface area contributed by atoms with Gasteiger partial charge in [0.2, 0.25) is 0 Å². The molecule has 0 aromatic rings. The van der Waals surface area contributed by atoms with Gasteiger partial charge in [-0.2, -0.15) is 0 Å². The van der Waals surface area contributed by atoms with Crippen LogP contribution in [0.15, 0.2) is 0 Å². The molecule has 0 aliphatic heterocycles. The highest BCUT2D eigenvalue weighted by Gasteiger charge is 2.06. The smallest absolute Gasteiger partial charge is 0.0948 e. The summed E-state index contributed by atoms with van der Waals surface area (Å²) in [6.45, 7) is 7.38. The summed E-state index contributed by atoms with van der Waals surface area (Å²) in [5.74, 6) is -0.404. The molecule has 0 amide bonds. The van der Waals surface area contributed by atoms with Crippen LogP contribution in [0.5, 0.6) is 0 Å². The molecule has 0 spiro atoms. The van der Waals surface area contributed by atoms with E-state index in [0.29, 0.717) is 0 Å². The largest absolute Gasteiger partial charge is 0.748 e. The number of rotatable bonds is 7. The van der Waals surface area contributed by atoms with E-state index in [9.17, 15) is 25.9 Å². The van der Waals surface area contributed by atoms with Crippen molar-refractivity contribution in [2.45, 2.75) is 54.4 Å². The van der Waals surface area contributed by atoms with Gasteiger partial charge in [-0.1, -0.05) is 54.4 Å². The van der Waals surface area contributed by atoms with E-state index in [1.165, 1.54) is 0 Å². The quantitative estimate of drug-likeness (QED) is 0.660. The maximum atomic E-state index is 10.2. The Labute approximate surface area is 124 Å². The molecule has 0 bridgehead atoms. The Hall–Kier alpha value is -0.180. The van der Waals surface area contributed by atoms with Crippen molar-refractivity contribution in [2.24, 2.45) is 11.8 Å². The van der Waals surface area contributed by atoms with E-state index < -0.39 is 20.2 Å². The molecule has 0 heterocycles. The summed E-state index contributed by atoms with van der Waals surface area (Å²) < 4.78 is 60.7. The predicted molar refractivity (Wildman–Crippen MR) is 79.4 cm³/mol. The standard InChI is InChI=1S/C6H14O3S.C5H12O3S.CH4/c1-3-6(4-2)5-10(7,8)9;1-3-5(2)4-9(6,7)8;/h6H,3-5H2,1-2H3,(H,7,8,9);5H,3-4H2,1-2H3,(H,6,7,8);1H4/p-2. The first-order valence-electron chi connectivity index (χ1n) is 6.32. The molecule has 20 heavy (non-hydrogen) atoms. The molecule has 0 rings (SSSR count). The zero-order chi connectivity index (χ0) is 15.7. The molecular formula is C12H28O6S2-2. The molecule has 0 aliphatic rings. The number of hydrogen-bond donors (Lipinski definition) is 0. The summed E-state index contributed by atoms with van der Waals surface area (Å²) in [6, 6.07) is 0. The molecule has 126 valence electrons. The summed E-state index contributed by atoms with van der Waals surface area (Å²) in [4.78, 5) is 0. The molecule has 0 aliphatic carbocycles. The highest BCUT2D eigenvalue weighted by atomic mass is 32.2. The predicted octanol–water partition coefficient (Wildman–Crippen LogP) is 2.18. The van der Waals surface area contributed by atoms with E-state index >= 15 is 0 Å². The normalized spacial score (nSPS) is 13.2. The van der Waals surface area contributed by atoms with Gasteiger partial charge in [0, 0.05) is 11.5 Å². The Balaban J connectivity index is -0.000000277. The van der Waals surface area contributed by atoms with Crippen molar-refractivity contribution in [1.82, 2.24) is 0 Å². The summed E-state index contributed by atoms with van der Waals surface area (Å²) in [6.07, 6.45) is 2.26. The first-order valence-corrected chi connectivity index (χ1v) is 9.47. The Morgan fingerprint density at radius 3 is 1.25 bits per heavy atom. The van der Waals surface area contributed by atoms with Crippen LogP contribution in [-0.4, -0.2) is 37.4 Å². The van der Waals surface area contributed by atoms with Gasteiger partial charge in [-0.25, -0.2) is 16.8 Å². The second-order valence-electron chi connectivity index (χ2n) is 4.64. The highest BCUT2D eigenvalue weighted by Crippen LogP contribution is 2.09. The molecule has 0 saturated heterocycles. The minimum absolute atomic E-state index is 0. The van der Waals surface area contributed by atoms with Gasteiger partial charge < -0.3 is 9.11 Å². The second-order valence-corrected chi connectivity index (χ2v) is 7.54. The number of hydrogen-bond acceptors (Lipinski definition) is 6. The van der Waals surface area contributed by atoms with Gasteiger partial charge in [0.15, 0.2) is 0 Å². The third-order valence-corrected chi connectivity index (χ3v) is 4.64. The van der Waals surface area contributed by atoms with Crippen LogP contribution in [-0.2, 0) is 20.2 Å². The van der Waals surface area contributed by atoms with Crippen LogP contribution in [0.1, 0.15) is 54.4 Å². The topological polar surface area (TPSA) is 114 Å². The van der Waals surface area contributed by atoms with E-state index in [1.807, 2.05) is 20.8 Å². The van der Waals surface area contributed by atoms with Crippen molar-refractivity contribution >= 4 is 20.2 Å². The molecule has 1 unspecified atom stereocenters. The summed E-state index contributed by atoms with van der Waals surface area (Å²) in [7, 11) is -7.98. The van der Waals surface area contributed by atoms with Gasteiger partial charge in [0.05, 0.1) is 20.2 Å². The third-order valence-electron chi connectivity index (χ3n) is 2.78. The molecule has 0 saturated carbocycles. The summed E-state index contributed by atoms with van der Waals surface area (Å²) in [5, 5.41) is 0. The van der Waals surface area contributed by atoms with Crippen LogP contribution >= 0.6 is 0 Å². The zero-order valence-electron chi connectivity index (χ0n) is 12.0. The third kappa shape index (κ3) is 20.1. The Kier molecular flexibility index (Phi) is 14.2. The minimum Gasteiger partial charge on any atom is -0.748 e. The monoisotopic (exact) mass is 332 g/mol. The molecule has 0 radical (unpaired) electrons. The van der Waals surface area contributed by atoms with Gasteiger partial charge in [0.1, 0.15) is 0 Å². The van der Waals surface area contributed by atoms with Crippen molar-refractivity contribution in [3.8, 4) is 0 Å². The summed E-state index contributed by atoms with van der Waals surface area (Å²) in [5.41, 5.74) is 0. The zero-order valence-corrected chi connectivity index (χ0v) is 13.6. The lowest BCUT2D eigenvalue weighted by Gasteiger charge is -2.14. The maximum absolute atomic E-state index is 10.2. The van der Waals surface area contributed by atoms with Crippen LogP contribution in [0.25, 0.3) is 0 Å². The van der Waals surface area contributed by atoms with Crippen LogP contribution < -0.4 is 0 Å². The molecule has 0 aromatic heterocycles. The van der Waals surface area contributed by atoms with Crippen LogP contribution in [0, 0.1) is 11.8 Å². The molecule has 1 atom stereocenters. The van der Waals surface area contributed by atoms with Crippen LogP contribution in [0.3, 0.4) is 0 Å². The lowest BCUT2D eigenvalue weighted by Crippen LogP contribution is -2.13. The van der Waals surface area contributed by atoms with Crippen molar-refractivity contribution in [2.75, 3.05) is 11.5 Å². The Morgan fingerprint density at radius 1 is 0.800 bits per heavy atom. The van der Waals surface area contributed by atoms with Gasteiger partial charge in [-0.05, 0) is 11.8 Å². The van der Waals surface area contributed by atoms with Crippen molar-refractivity contribution in [3.05, 3.63) is 0 Å². The fraction of sp³-hybridized carbons (Fsp3) is 1.00. The van der Waals surface area contributed by atoms with Gasteiger partial charge in [0.25, 0.3) is 0 Å². The second kappa shape index (κ2) is 11.5. The average Bonchev–Trinajstić information content (AvgIpc) is 2.23. The minimum atomic E-state index is -4.00. The fourth-order valence-electron chi connectivity index (χ4n) is 1.28. The van der Waals surface area contributed by atoms with Gasteiger partial charge >= 0.3 is 0 Å².